The highest BCUT2D eigenvalue weighted by atomic mass is 79.9. The number of nitrogens with zero attached hydrogens (tertiary/aromatic N) is 1. The van der Waals surface area contributed by atoms with Crippen molar-refractivity contribution in [3.63, 3.8) is 0 Å². The summed E-state index contributed by atoms with van der Waals surface area (Å²) >= 11 is 7.73. The van der Waals surface area contributed by atoms with Crippen LogP contribution in [0, 0.1) is 0 Å². The topological polar surface area (TPSA) is 82.1 Å². The molecule has 7 nitrogen and oxygen atoms in total. The van der Waals surface area contributed by atoms with Crippen LogP contribution in [-0.2, 0) is 20.9 Å². The predicted octanol–water partition coefficient (Wildman–Crippen LogP) is 5.40. The van der Waals surface area contributed by atoms with Gasteiger partial charge in [-0.15, -0.1) is 0 Å². The number of amides is 2. The molecule has 10 heteroatoms. The minimum absolute atomic E-state index is 0.178. The zero-order chi connectivity index (χ0) is 23.3. The lowest BCUT2D eigenvalue weighted by molar-refractivity contribution is -0.145. The molecule has 1 fully saturated rings. The second-order valence-corrected chi connectivity index (χ2v) is 9.19. The highest BCUT2D eigenvalue weighted by Gasteiger charge is 2.35. The first-order chi connectivity index (χ1) is 15.3. The molecular weight excluding hydrogens is 566 g/mol. The summed E-state index contributed by atoms with van der Waals surface area (Å²) in [5.41, 5.74) is 1.46. The van der Waals surface area contributed by atoms with Crippen LogP contribution in [-0.4, -0.2) is 42.3 Å². The Morgan fingerprint density at radius 3 is 2.59 bits per heavy atom. The van der Waals surface area contributed by atoms with E-state index in [1.54, 1.807) is 25.1 Å². The summed E-state index contributed by atoms with van der Waals surface area (Å²) in [4.78, 5) is 38.4. The molecule has 1 heterocycles. The first-order valence-corrected chi connectivity index (χ1v) is 11.9. The van der Waals surface area contributed by atoms with Crippen LogP contribution in [0.4, 0.5) is 4.79 Å². The fourth-order valence-corrected chi connectivity index (χ4v) is 4.70. The molecule has 1 saturated heterocycles. The average molecular weight is 585 g/mol. The number of carbonyl (C=O) groups is 3. The minimum atomic E-state index is -0.496. The number of hydrogen-bond acceptors (Lipinski definition) is 7. The van der Waals surface area contributed by atoms with Crippen molar-refractivity contribution in [3.8, 4) is 11.5 Å². The number of esters is 1. The lowest BCUT2D eigenvalue weighted by Crippen LogP contribution is -2.27. The molecule has 2 amide bonds. The Bertz CT molecular complexity index is 1090. The summed E-state index contributed by atoms with van der Waals surface area (Å²) in [5, 5.41) is -0.336. The summed E-state index contributed by atoms with van der Waals surface area (Å²) in [6.07, 6.45) is 1.62. The lowest BCUT2D eigenvalue weighted by atomic mass is 10.1. The molecule has 2 aromatic rings. The maximum atomic E-state index is 12.9. The van der Waals surface area contributed by atoms with Crippen LogP contribution in [0.2, 0.25) is 0 Å². The second kappa shape index (κ2) is 11.0. The van der Waals surface area contributed by atoms with E-state index in [2.05, 4.69) is 31.9 Å². The van der Waals surface area contributed by atoms with Gasteiger partial charge in [0, 0.05) is 4.47 Å². The summed E-state index contributed by atoms with van der Waals surface area (Å²) < 4.78 is 17.1. The van der Waals surface area contributed by atoms with Gasteiger partial charge in [0.2, 0.25) is 0 Å². The van der Waals surface area contributed by atoms with E-state index in [4.69, 9.17) is 14.2 Å². The molecular formula is C22H19Br2NO6S. The van der Waals surface area contributed by atoms with Crippen LogP contribution in [0.15, 0.2) is 50.2 Å². The standard InChI is InChI=1S/C22H19Br2NO6S/c1-3-30-19(26)12-31-20-16(24)8-13(9-17(20)29-2)10-18-21(27)25(22(28)32-18)11-14-6-4-5-7-15(14)23/h4-10H,3,11-12H2,1-2H3/b18-10-. The van der Waals surface area contributed by atoms with Crippen LogP contribution in [0.1, 0.15) is 18.1 Å². The van der Waals surface area contributed by atoms with Gasteiger partial charge >= 0.3 is 5.97 Å². The number of carbonyl (C=O) groups excluding carboxylic acids is 3. The van der Waals surface area contributed by atoms with Crippen LogP contribution in [0.5, 0.6) is 11.5 Å². The smallest absolute Gasteiger partial charge is 0.344 e. The van der Waals surface area contributed by atoms with Gasteiger partial charge in [-0.05, 0) is 70.0 Å². The van der Waals surface area contributed by atoms with E-state index in [-0.39, 0.29) is 30.9 Å². The molecule has 1 aliphatic rings. The van der Waals surface area contributed by atoms with Crippen molar-refractivity contribution in [1.82, 2.24) is 4.90 Å². The molecule has 0 atom stereocenters. The Labute approximate surface area is 206 Å². The highest BCUT2D eigenvalue weighted by Crippen LogP contribution is 2.39. The highest BCUT2D eigenvalue weighted by molar-refractivity contribution is 9.10. The maximum Gasteiger partial charge on any atom is 0.344 e. The second-order valence-electron chi connectivity index (χ2n) is 6.49. The normalized spacial score (nSPS) is 14.8. The molecule has 168 valence electrons. The van der Waals surface area contributed by atoms with E-state index < -0.39 is 5.97 Å². The van der Waals surface area contributed by atoms with Crippen molar-refractivity contribution in [2.24, 2.45) is 0 Å². The number of ether oxygens (including phenoxy) is 3. The van der Waals surface area contributed by atoms with Crippen LogP contribution in [0.3, 0.4) is 0 Å². The number of imide groups is 1. The largest absolute Gasteiger partial charge is 0.493 e. The Morgan fingerprint density at radius 1 is 1.16 bits per heavy atom. The molecule has 0 bridgehead atoms. The summed E-state index contributed by atoms with van der Waals surface area (Å²) in [6, 6.07) is 10.8. The molecule has 0 unspecified atom stereocenters. The number of hydrogen-bond donors (Lipinski definition) is 0. The maximum absolute atomic E-state index is 12.9. The van der Waals surface area contributed by atoms with E-state index in [1.807, 2.05) is 24.3 Å². The Morgan fingerprint density at radius 2 is 1.91 bits per heavy atom. The van der Waals surface area contributed by atoms with Crippen molar-refractivity contribution < 1.29 is 28.6 Å². The third-order valence-electron chi connectivity index (χ3n) is 4.35. The molecule has 0 aromatic heterocycles. The Kier molecular flexibility index (Phi) is 8.38. The van der Waals surface area contributed by atoms with Gasteiger partial charge in [-0.25, -0.2) is 4.79 Å². The quantitative estimate of drug-likeness (QED) is 0.303. The SMILES string of the molecule is CCOC(=O)COc1c(Br)cc(/C=C2\SC(=O)N(Cc3ccccc3Br)C2=O)cc1OC. The number of methoxy groups -OCH3 is 1. The van der Waals surface area contributed by atoms with Crippen LogP contribution < -0.4 is 9.47 Å². The zero-order valence-corrected chi connectivity index (χ0v) is 21.2. The third-order valence-corrected chi connectivity index (χ3v) is 6.62. The van der Waals surface area contributed by atoms with Gasteiger partial charge in [0.05, 0.1) is 29.6 Å². The molecule has 0 radical (unpaired) electrons. The summed E-state index contributed by atoms with van der Waals surface area (Å²) in [6.45, 7) is 1.88. The molecule has 3 rings (SSSR count). The molecule has 1 aliphatic heterocycles. The fraction of sp³-hybridized carbons (Fsp3) is 0.227. The van der Waals surface area contributed by atoms with Gasteiger partial charge in [0.25, 0.3) is 11.1 Å². The van der Waals surface area contributed by atoms with Gasteiger partial charge in [-0.3, -0.25) is 14.5 Å². The number of benzene rings is 2. The van der Waals surface area contributed by atoms with Gasteiger partial charge in [0.15, 0.2) is 18.1 Å². The molecule has 0 aliphatic carbocycles. The van der Waals surface area contributed by atoms with Crippen molar-refractivity contribution >= 4 is 66.8 Å². The fourth-order valence-electron chi connectivity index (χ4n) is 2.88. The Balaban J connectivity index is 1.81. The van der Waals surface area contributed by atoms with Gasteiger partial charge in [-0.1, -0.05) is 34.1 Å². The average Bonchev–Trinajstić information content (AvgIpc) is 3.01. The predicted molar refractivity (Wildman–Crippen MR) is 128 cm³/mol. The van der Waals surface area contributed by atoms with Crippen LogP contribution in [0.25, 0.3) is 6.08 Å². The summed E-state index contributed by atoms with van der Waals surface area (Å²) in [7, 11) is 1.47. The van der Waals surface area contributed by atoms with Crippen molar-refractivity contribution in [3.05, 3.63) is 61.4 Å². The van der Waals surface area contributed by atoms with Crippen molar-refractivity contribution in [2.75, 3.05) is 20.3 Å². The molecule has 2 aromatic carbocycles. The number of thioether (sulfide) groups is 1. The molecule has 32 heavy (non-hydrogen) atoms. The molecule has 0 saturated carbocycles. The lowest BCUT2D eigenvalue weighted by Gasteiger charge is -2.14. The van der Waals surface area contributed by atoms with E-state index >= 15 is 0 Å². The molecule has 0 N–H and O–H groups in total. The monoisotopic (exact) mass is 583 g/mol. The van der Waals surface area contributed by atoms with Gasteiger partial charge in [0.1, 0.15) is 0 Å². The third kappa shape index (κ3) is 5.73. The van der Waals surface area contributed by atoms with E-state index in [0.29, 0.717) is 26.4 Å². The van der Waals surface area contributed by atoms with Crippen LogP contribution >= 0.6 is 43.6 Å². The minimum Gasteiger partial charge on any atom is -0.493 e. The van der Waals surface area contributed by atoms with Crippen molar-refractivity contribution in [1.29, 1.82) is 0 Å². The first-order valence-electron chi connectivity index (χ1n) is 9.48. The van der Waals surface area contributed by atoms with E-state index in [1.165, 1.54) is 12.0 Å². The van der Waals surface area contributed by atoms with Gasteiger partial charge in [-0.2, -0.15) is 0 Å². The number of rotatable bonds is 8. The van der Waals surface area contributed by atoms with E-state index in [0.717, 1.165) is 21.8 Å². The van der Waals surface area contributed by atoms with E-state index in [9.17, 15) is 14.4 Å². The van der Waals surface area contributed by atoms with Crippen molar-refractivity contribution in [2.45, 2.75) is 13.5 Å². The molecule has 0 spiro atoms. The zero-order valence-electron chi connectivity index (χ0n) is 17.2. The van der Waals surface area contributed by atoms with Gasteiger partial charge < -0.3 is 14.2 Å². The first kappa shape index (κ1) is 24.3. The summed E-state index contributed by atoms with van der Waals surface area (Å²) in [5.74, 6) is -0.167. The number of halogens is 2. The Hall–Kier alpha value is -2.30.